The molecule has 248 valence electrons. The van der Waals surface area contributed by atoms with Crippen LogP contribution < -0.4 is 10.0 Å². The minimum absolute atomic E-state index is 0.00996. The number of sulfonamides is 1. The van der Waals surface area contributed by atoms with E-state index in [0.29, 0.717) is 5.70 Å². The fraction of sp³-hybridized carbons (Fsp3) is 0.514. The van der Waals surface area contributed by atoms with Crippen LogP contribution in [0, 0.1) is 24.2 Å². The number of carbonyl (C=O) groups is 3. The van der Waals surface area contributed by atoms with Gasteiger partial charge in [-0.1, -0.05) is 103 Å². The smallest absolute Gasteiger partial charge is 0.264 e. The Kier molecular flexibility index (Phi) is 12.3. The summed E-state index contributed by atoms with van der Waals surface area (Å²) >= 11 is 0. The molecule has 0 heterocycles. The van der Waals surface area contributed by atoms with E-state index in [0.717, 1.165) is 11.1 Å². The monoisotopic (exact) mass is 640 g/mol. The molecule has 0 bridgehead atoms. The van der Waals surface area contributed by atoms with Crippen LogP contribution >= 0.6 is 0 Å². The Morgan fingerprint density at radius 3 is 1.82 bits per heavy atom. The predicted octanol–water partition coefficient (Wildman–Crippen LogP) is 4.87. The number of nitrogens with one attached hydrogen (secondary N) is 2. The summed E-state index contributed by atoms with van der Waals surface area (Å²) in [4.78, 5) is 44.5. The molecule has 0 radical (unpaired) electrons. The highest BCUT2D eigenvalue weighted by molar-refractivity contribution is 7.90. The predicted molar refractivity (Wildman–Crippen MR) is 180 cm³/mol. The van der Waals surface area contributed by atoms with Crippen molar-refractivity contribution in [3.05, 3.63) is 77.5 Å². The Hall–Kier alpha value is -3.50. The molecule has 9 nitrogen and oxygen atoms in total. The molecule has 0 saturated heterocycles. The zero-order valence-electron chi connectivity index (χ0n) is 28.9. The van der Waals surface area contributed by atoms with Gasteiger partial charge in [-0.2, -0.15) is 0 Å². The molecule has 2 aromatic rings. The van der Waals surface area contributed by atoms with Gasteiger partial charge in [0.2, 0.25) is 17.7 Å². The molecule has 2 aromatic carbocycles. The summed E-state index contributed by atoms with van der Waals surface area (Å²) in [7, 11) is 1.24. The maximum Gasteiger partial charge on any atom is 0.264 e. The molecule has 0 aliphatic heterocycles. The zero-order valence-corrected chi connectivity index (χ0v) is 29.7. The second-order valence-electron chi connectivity index (χ2n) is 14.0. The first-order valence-electron chi connectivity index (χ1n) is 15.3. The SMILES string of the molecule is Cc1ccc(S(=O)(=O)NC(=O)C(C)/C=C(\C(C)C)N(C)C(=O)C(NC(=O)C(N(C)C)C(C)(C)c2ccccc2)C(C)(C)C)cc1. The Bertz CT molecular complexity index is 1470. The van der Waals surface area contributed by atoms with Crippen molar-refractivity contribution in [2.24, 2.45) is 17.3 Å². The lowest BCUT2D eigenvalue weighted by molar-refractivity contribution is -0.139. The van der Waals surface area contributed by atoms with E-state index >= 15 is 0 Å². The number of benzene rings is 2. The molecule has 45 heavy (non-hydrogen) atoms. The number of nitrogens with zero attached hydrogens (tertiary/aromatic N) is 2. The normalized spacial score (nSPS) is 14.9. The van der Waals surface area contributed by atoms with E-state index in [2.05, 4.69) is 10.0 Å². The van der Waals surface area contributed by atoms with Gasteiger partial charge in [-0.05, 0) is 57.0 Å². The number of amides is 3. The van der Waals surface area contributed by atoms with E-state index in [1.807, 2.05) is 105 Å². The highest BCUT2D eigenvalue weighted by atomic mass is 32.2. The van der Waals surface area contributed by atoms with E-state index in [9.17, 15) is 22.8 Å². The van der Waals surface area contributed by atoms with Gasteiger partial charge in [0.05, 0.1) is 16.9 Å². The second-order valence-corrected chi connectivity index (χ2v) is 15.7. The fourth-order valence-electron chi connectivity index (χ4n) is 5.45. The van der Waals surface area contributed by atoms with Crippen LogP contribution in [0.1, 0.15) is 66.5 Å². The lowest BCUT2D eigenvalue weighted by Crippen LogP contribution is -2.61. The van der Waals surface area contributed by atoms with Crippen molar-refractivity contribution in [2.75, 3.05) is 21.1 Å². The van der Waals surface area contributed by atoms with Crippen molar-refractivity contribution in [3.8, 4) is 0 Å². The van der Waals surface area contributed by atoms with Gasteiger partial charge in [0.25, 0.3) is 10.0 Å². The van der Waals surface area contributed by atoms with E-state index in [1.54, 1.807) is 32.2 Å². The first kappa shape index (κ1) is 37.7. The summed E-state index contributed by atoms with van der Waals surface area (Å²) in [6, 6.07) is 14.5. The van der Waals surface area contributed by atoms with Crippen LogP contribution in [-0.2, 0) is 29.8 Å². The largest absolute Gasteiger partial charge is 0.342 e. The van der Waals surface area contributed by atoms with E-state index in [1.165, 1.54) is 17.0 Å². The summed E-state index contributed by atoms with van der Waals surface area (Å²) in [5.74, 6) is -2.39. The van der Waals surface area contributed by atoms with Crippen molar-refractivity contribution < 1.29 is 22.8 Å². The number of allylic oxidation sites excluding steroid dienone is 1. The van der Waals surface area contributed by atoms with Gasteiger partial charge in [-0.25, -0.2) is 13.1 Å². The van der Waals surface area contributed by atoms with E-state index in [-0.39, 0.29) is 22.6 Å². The molecule has 3 amide bonds. The van der Waals surface area contributed by atoms with Crippen LogP contribution in [-0.4, -0.2) is 69.2 Å². The Morgan fingerprint density at radius 2 is 1.36 bits per heavy atom. The lowest BCUT2D eigenvalue weighted by Gasteiger charge is -2.41. The fourth-order valence-corrected chi connectivity index (χ4v) is 6.51. The Balaban J connectivity index is 2.37. The molecule has 2 rings (SSSR count). The van der Waals surface area contributed by atoms with E-state index < -0.39 is 44.8 Å². The van der Waals surface area contributed by atoms with E-state index in [4.69, 9.17) is 0 Å². The van der Waals surface area contributed by atoms with Gasteiger partial charge in [0.1, 0.15) is 6.04 Å². The number of hydrogen-bond donors (Lipinski definition) is 2. The minimum atomic E-state index is -4.07. The average molecular weight is 641 g/mol. The highest BCUT2D eigenvalue weighted by Crippen LogP contribution is 2.31. The molecule has 0 fully saturated rings. The lowest BCUT2D eigenvalue weighted by atomic mass is 9.76. The number of carbonyl (C=O) groups excluding carboxylic acids is 3. The van der Waals surface area contributed by atoms with Gasteiger partial charge >= 0.3 is 0 Å². The molecule has 2 N–H and O–H groups in total. The number of hydrogen-bond acceptors (Lipinski definition) is 6. The van der Waals surface area contributed by atoms with Crippen LogP contribution in [0.2, 0.25) is 0 Å². The third-order valence-electron chi connectivity index (χ3n) is 8.08. The number of aryl methyl sites for hydroxylation is 1. The molecule has 3 unspecified atom stereocenters. The standard InChI is InChI=1S/C35H52N4O5S/c1-23(2)28(22-25(4)31(40)37-45(43,44)27-20-18-24(3)19-21-27)39(12)33(42)29(34(5,6)7)36-32(41)30(38(10)11)35(8,9)26-16-14-13-15-17-26/h13-23,25,29-30H,1-12H3,(H,36,41)(H,37,40)/b28-22+. The summed E-state index contributed by atoms with van der Waals surface area (Å²) in [6.07, 6.45) is 1.60. The van der Waals surface area contributed by atoms with Crippen molar-refractivity contribution in [2.45, 2.75) is 84.7 Å². The summed E-state index contributed by atoms with van der Waals surface area (Å²) in [6.45, 7) is 16.9. The summed E-state index contributed by atoms with van der Waals surface area (Å²) in [5, 5.41) is 3.06. The Labute approximate surface area is 270 Å². The van der Waals surface area contributed by atoms with Gasteiger partial charge in [0.15, 0.2) is 0 Å². The quantitative estimate of drug-likeness (QED) is 0.342. The molecule has 0 saturated carbocycles. The van der Waals surface area contributed by atoms with Crippen LogP contribution in [0.4, 0.5) is 0 Å². The Morgan fingerprint density at radius 1 is 0.822 bits per heavy atom. The molecule has 3 atom stereocenters. The van der Waals surface area contributed by atoms with Crippen molar-refractivity contribution in [1.82, 2.24) is 19.8 Å². The van der Waals surface area contributed by atoms with Crippen molar-refractivity contribution in [1.29, 1.82) is 0 Å². The van der Waals surface area contributed by atoms with Gasteiger partial charge in [0, 0.05) is 18.2 Å². The molecule has 0 aromatic heterocycles. The molecule has 0 aliphatic rings. The number of rotatable bonds is 12. The maximum atomic E-state index is 14.1. The highest BCUT2D eigenvalue weighted by Gasteiger charge is 2.42. The van der Waals surface area contributed by atoms with Crippen LogP contribution in [0.3, 0.4) is 0 Å². The second kappa shape index (κ2) is 14.7. The van der Waals surface area contributed by atoms with Crippen LogP contribution in [0.15, 0.2) is 71.3 Å². The van der Waals surface area contributed by atoms with Gasteiger partial charge in [-0.3, -0.25) is 19.3 Å². The third-order valence-corrected chi connectivity index (χ3v) is 9.44. The first-order valence-corrected chi connectivity index (χ1v) is 16.7. The molecular weight excluding hydrogens is 588 g/mol. The zero-order chi connectivity index (χ0) is 34.5. The molecule has 10 heteroatoms. The summed E-state index contributed by atoms with van der Waals surface area (Å²) in [5.41, 5.74) is 1.20. The maximum absolute atomic E-state index is 14.1. The minimum Gasteiger partial charge on any atom is -0.342 e. The van der Waals surface area contributed by atoms with Gasteiger partial charge in [-0.15, -0.1) is 0 Å². The topological polar surface area (TPSA) is 116 Å². The van der Waals surface area contributed by atoms with Crippen molar-refractivity contribution >= 4 is 27.7 Å². The molecule has 0 spiro atoms. The number of likely N-dealkylation sites (N-methyl/N-ethyl adjacent to an activating group) is 2. The molecular formula is C35H52N4O5S. The van der Waals surface area contributed by atoms with Crippen LogP contribution in [0.25, 0.3) is 0 Å². The summed E-state index contributed by atoms with van der Waals surface area (Å²) < 4.78 is 27.8. The average Bonchev–Trinajstić information content (AvgIpc) is 2.93. The third kappa shape index (κ3) is 9.50. The first-order chi connectivity index (χ1) is 20.6. The molecule has 0 aliphatic carbocycles. The van der Waals surface area contributed by atoms with Crippen LogP contribution in [0.5, 0.6) is 0 Å². The van der Waals surface area contributed by atoms with Crippen molar-refractivity contribution in [3.63, 3.8) is 0 Å². The van der Waals surface area contributed by atoms with Gasteiger partial charge < -0.3 is 10.2 Å².